The number of amides is 2. The average Bonchev–Trinajstić information content (AvgIpc) is 3.15. The van der Waals surface area contributed by atoms with Crippen LogP contribution in [0.4, 0.5) is 4.39 Å². The number of esters is 1. The van der Waals surface area contributed by atoms with Crippen molar-refractivity contribution < 1.29 is 28.6 Å². The van der Waals surface area contributed by atoms with Gasteiger partial charge in [0, 0.05) is 24.5 Å². The van der Waals surface area contributed by atoms with Gasteiger partial charge >= 0.3 is 5.97 Å². The highest BCUT2D eigenvalue weighted by Crippen LogP contribution is 2.21. The molecule has 2 atom stereocenters. The molecule has 2 amide bonds. The van der Waals surface area contributed by atoms with Crippen molar-refractivity contribution in [3.63, 3.8) is 0 Å². The molecule has 1 fully saturated rings. The van der Waals surface area contributed by atoms with Crippen LogP contribution in [-0.2, 0) is 32.1 Å². The van der Waals surface area contributed by atoms with E-state index in [4.69, 9.17) is 16.3 Å². The van der Waals surface area contributed by atoms with Gasteiger partial charge in [-0.15, -0.1) is 0 Å². The fourth-order valence-corrected chi connectivity index (χ4v) is 3.43. The van der Waals surface area contributed by atoms with E-state index in [1.807, 2.05) is 0 Å². The number of carbonyl (C=O) groups excluding carboxylic acids is 3. The Morgan fingerprint density at radius 3 is 2.58 bits per heavy atom. The molecule has 2 unspecified atom stereocenters. The second-order valence-corrected chi connectivity index (χ2v) is 7.67. The summed E-state index contributed by atoms with van der Waals surface area (Å²) in [6, 6.07) is 11.7. The molecule has 0 bridgehead atoms. The van der Waals surface area contributed by atoms with Crippen molar-refractivity contribution in [2.75, 3.05) is 13.2 Å². The van der Waals surface area contributed by atoms with Crippen molar-refractivity contribution in [3.8, 4) is 0 Å². The molecule has 31 heavy (non-hydrogen) atoms. The number of hydrogen-bond acceptors (Lipinski definition) is 5. The van der Waals surface area contributed by atoms with Gasteiger partial charge in [0.15, 0.2) is 6.61 Å². The van der Waals surface area contributed by atoms with Crippen molar-refractivity contribution in [3.05, 3.63) is 70.5 Å². The van der Waals surface area contributed by atoms with Crippen LogP contribution in [0.2, 0.25) is 5.02 Å². The number of hydrogen-bond donors (Lipinski definition) is 2. The fraction of sp³-hybridized carbons (Fsp3) is 0.318. The Hall–Kier alpha value is -2.97. The first-order chi connectivity index (χ1) is 14.8. The molecule has 0 radical (unpaired) electrons. The summed E-state index contributed by atoms with van der Waals surface area (Å²) in [6.45, 7) is -0.340. The van der Waals surface area contributed by atoms with Crippen LogP contribution >= 0.6 is 11.6 Å². The number of rotatable bonds is 7. The lowest BCUT2D eigenvalue weighted by atomic mass is 10.1. The number of nitrogens with one attached hydrogen (secondary N) is 1. The number of aliphatic hydroxyl groups is 1. The van der Waals surface area contributed by atoms with E-state index in [1.54, 1.807) is 30.3 Å². The van der Waals surface area contributed by atoms with Crippen LogP contribution in [0, 0.1) is 5.82 Å². The minimum Gasteiger partial charge on any atom is -0.454 e. The highest BCUT2D eigenvalue weighted by atomic mass is 35.5. The van der Waals surface area contributed by atoms with Crippen LogP contribution in [0.5, 0.6) is 0 Å². The van der Waals surface area contributed by atoms with Gasteiger partial charge in [-0.1, -0.05) is 41.9 Å². The van der Waals surface area contributed by atoms with Crippen LogP contribution in [0.15, 0.2) is 48.5 Å². The third-order valence-corrected chi connectivity index (χ3v) is 5.17. The molecule has 1 heterocycles. The molecule has 1 aliphatic heterocycles. The van der Waals surface area contributed by atoms with Gasteiger partial charge < -0.3 is 20.1 Å². The molecule has 164 valence electrons. The molecule has 0 aliphatic carbocycles. The lowest BCUT2D eigenvalue weighted by molar-refractivity contribution is -0.156. The summed E-state index contributed by atoms with van der Waals surface area (Å²) in [5.41, 5.74) is 1.02. The van der Waals surface area contributed by atoms with Gasteiger partial charge in [0.2, 0.25) is 5.91 Å². The van der Waals surface area contributed by atoms with Crippen LogP contribution in [0.3, 0.4) is 0 Å². The summed E-state index contributed by atoms with van der Waals surface area (Å²) in [5.74, 6) is -2.32. The molecule has 2 aromatic rings. The largest absolute Gasteiger partial charge is 0.454 e. The number of β-amino-alcohol motifs (C(OH)–C–C–N with tert-alkyl or cyclic N) is 1. The molecular weight excluding hydrogens is 427 g/mol. The molecule has 1 aliphatic rings. The molecule has 2 N–H and O–H groups in total. The number of benzene rings is 2. The molecular formula is C22H22ClFN2O5. The summed E-state index contributed by atoms with van der Waals surface area (Å²) in [7, 11) is 0. The Balaban J connectivity index is 1.51. The molecule has 0 saturated carbocycles. The summed E-state index contributed by atoms with van der Waals surface area (Å²) >= 11 is 5.81. The Morgan fingerprint density at radius 2 is 1.87 bits per heavy atom. The third kappa shape index (κ3) is 6.26. The monoisotopic (exact) mass is 448 g/mol. The van der Waals surface area contributed by atoms with Crippen molar-refractivity contribution in [1.29, 1.82) is 0 Å². The maximum Gasteiger partial charge on any atom is 0.329 e. The van der Waals surface area contributed by atoms with Gasteiger partial charge in [-0.05, 0) is 29.3 Å². The first-order valence-corrected chi connectivity index (χ1v) is 10.1. The lowest BCUT2D eigenvalue weighted by Crippen LogP contribution is -2.43. The molecule has 0 spiro atoms. The summed E-state index contributed by atoms with van der Waals surface area (Å²) in [4.78, 5) is 38.2. The minimum atomic E-state index is -1.03. The molecule has 7 nitrogen and oxygen atoms in total. The molecule has 3 rings (SSSR count). The maximum absolute atomic E-state index is 13.8. The Morgan fingerprint density at radius 1 is 1.16 bits per heavy atom. The van der Waals surface area contributed by atoms with Gasteiger partial charge in [-0.25, -0.2) is 9.18 Å². The third-order valence-electron chi connectivity index (χ3n) is 4.92. The molecule has 2 aromatic carbocycles. The van der Waals surface area contributed by atoms with Gasteiger partial charge in [0.05, 0.1) is 12.5 Å². The zero-order valence-electron chi connectivity index (χ0n) is 16.6. The molecule has 9 heteroatoms. The number of carbonyl (C=O) groups is 3. The quantitative estimate of drug-likeness (QED) is 0.630. The highest BCUT2D eigenvalue weighted by Gasteiger charge is 2.40. The van der Waals surface area contributed by atoms with E-state index in [9.17, 15) is 23.9 Å². The van der Waals surface area contributed by atoms with E-state index in [2.05, 4.69) is 5.32 Å². The Labute approximate surface area is 183 Å². The van der Waals surface area contributed by atoms with Gasteiger partial charge in [0.1, 0.15) is 11.9 Å². The van der Waals surface area contributed by atoms with Gasteiger partial charge in [-0.3, -0.25) is 9.59 Å². The van der Waals surface area contributed by atoms with Crippen molar-refractivity contribution in [1.82, 2.24) is 10.2 Å². The Kier molecular flexibility index (Phi) is 7.59. The molecule has 0 aromatic heterocycles. The van der Waals surface area contributed by atoms with Crippen LogP contribution in [0.25, 0.3) is 0 Å². The normalized spacial score (nSPS) is 18.0. The SMILES string of the molecule is O=C(COC(=O)C1CC(O)CN1C(=O)Cc1ccccc1F)NCc1ccc(Cl)cc1. The highest BCUT2D eigenvalue weighted by molar-refractivity contribution is 6.30. The van der Waals surface area contributed by atoms with E-state index in [-0.39, 0.29) is 31.5 Å². The zero-order chi connectivity index (χ0) is 22.4. The van der Waals surface area contributed by atoms with E-state index < -0.39 is 42.4 Å². The first-order valence-electron chi connectivity index (χ1n) is 9.72. The number of halogens is 2. The van der Waals surface area contributed by atoms with Crippen LogP contribution in [-0.4, -0.2) is 53.1 Å². The topological polar surface area (TPSA) is 95.9 Å². The van der Waals surface area contributed by atoms with Gasteiger partial charge in [0.25, 0.3) is 5.91 Å². The number of likely N-dealkylation sites (tertiary alicyclic amines) is 1. The minimum absolute atomic E-state index is 0.00572. The summed E-state index contributed by atoms with van der Waals surface area (Å²) in [6.07, 6.45) is -1.15. The lowest BCUT2D eigenvalue weighted by Gasteiger charge is -2.23. The van der Waals surface area contributed by atoms with Gasteiger partial charge in [-0.2, -0.15) is 0 Å². The second kappa shape index (κ2) is 10.4. The number of ether oxygens (including phenoxy) is 1. The Bertz CT molecular complexity index is 953. The summed E-state index contributed by atoms with van der Waals surface area (Å²) in [5, 5.41) is 13.1. The fourth-order valence-electron chi connectivity index (χ4n) is 3.31. The van der Waals surface area contributed by atoms with E-state index in [1.165, 1.54) is 23.1 Å². The number of aliphatic hydroxyl groups excluding tert-OH is 1. The smallest absolute Gasteiger partial charge is 0.329 e. The van der Waals surface area contributed by atoms with Crippen LogP contribution < -0.4 is 5.32 Å². The van der Waals surface area contributed by atoms with E-state index >= 15 is 0 Å². The predicted octanol–water partition coefficient (Wildman–Crippen LogP) is 1.84. The average molecular weight is 449 g/mol. The second-order valence-electron chi connectivity index (χ2n) is 7.23. The maximum atomic E-state index is 13.8. The number of nitrogens with zero attached hydrogens (tertiary/aromatic N) is 1. The van der Waals surface area contributed by atoms with Crippen LogP contribution in [0.1, 0.15) is 17.5 Å². The zero-order valence-corrected chi connectivity index (χ0v) is 17.3. The van der Waals surface area contributed by atoms with Crippen molar-refractivity contribution in [2.24, 2.45) is 0 Å². The first kappa shape index (κ1) is 22.7. The molecule has 1 saturated heterocycles. The van der Waals surface area contributed by atoms with E-state index in [0.29, 0.717) is 5.02 Å². The van der Waals surface area contributed by atoms with Crippen molar-refractivity contribution >= 4 is 29.4 Å². The van der Waals surface area contributed by atoms with Crippen molar-refractivity contribution in [2.45, 2.75) is 31.5 Å². The summed E-state index contributed by atoms with van der Waals surface area (Å²) < 4.78 is 18.9. The standard InChI is InChI=1S/C22H22ClFN2O5/c23-16-7-5-14(6-8-16)11-25-20(28)13-31-22(30)19-10-17(27)12-26(19)21(29)9-15-3-1-2-4-18(15)24/h1-8,17,19,27H,9-13H2,(H,25,28). The van der Waals surface area contributed by atoms with E-state index in [0.717, 1.165) is 5.56 Å². The predicted molar refractivity (Wildman–Crippen MR) is 110 cm³/mol.